The molecule has 0 spiro atoms. The Balaban J connectivity index is 1.48. The van der Waals surface area contributed by atoms with Gasteiger partial charge in [0.2, 0.25) is 0 Å². The molecule has 10 heteroatoms. The van der Waals surface area contributed by atoms with Gasteiger partial charge in [-0.05, 0) is 17.7 Å². The third-order valence-electron chi connectivity index (χ3n) is 5.74. The number of carbonyl (C=O) groups excluding carboxylic acids is 2. The molecular formula is C22H25N7O3. The van der Waals surface area contributed by atoms with Crippen LogP contribution in [0.4, 0.5) is 5.69 Å². The third kappa shape index (κ3) is 4.27. The summed E-state index contributed by atoms with van der Waals surface area (Å²) >= 11 is 0. The summed E-state index contributed by atoms with van der Waals surface area (Å²) < 4.78 is 9.26. The second-order valence-electron chi connectivity index (χ2n) is 8.10. The second kappa shape index (κ2) is 8.56. The zero-order valence-electron chi connectivity index (χ0n) is 17.8. The average molecular weight is 435 g/mol. The molecule has 3 aromatic rings. The minimum absolute atomic E-state index is 0.110. The Kier molecular flexibility index (Phi) is 5.46. The summed E-state index contributed by atoms with van der Waals surface area (Å²) in [5.41, 5.74) is 2.87. The molecule has 0 saturated carbocycles. The van der Waals surface area contributed by atoms with Crippen molar-refractivity contribution in [3.05, 3.63) is 54.1 Å². The normalized spacial score (nSPS) is 21.7. The quantitative estimate of drug-likeness (QED) is 0.545. The van der Waals surface area contributed by atoms with Crippen LogP contribution in [0.2, 0.25) is 0 Å². The number of nitrogens with one attached hydrogen (secondary N) is 2. The van der Waals surface area contributed by atoms with E-state index in [-0.39, 0.29) is 23.6 Å². The van der Waals surface area contributed by atoms with Crippen molar-refractivity contribution in [2.45, 2.75) is 12.6 Å². The zero-order valence-corrected chi connectivity index (χ0v) is 17.8. The summed E-state index contributed by atoms with van der Waals surface area (Å²) in [6.45, 7) is 4.13. The van der Waals surface area contributed by atoms with Crippen LogP contribution in [0.5, 0.6) is 0 Å². The Hall–Kier alpha value is -3.50. The molecule has 1 saturated heterocycles. The van der Waals surface area contributed by atoms with Gasteiger partial charge in [-0.3, -0.25) is 23.9 Å². The number of morpholine rings is 1. The van der Waals surface area contributed by atoms with E-state index in [2.05, 4.69) is 25.7 Å². The summed E-state index contributed by atoms with van der Waals surface area (Å²) in [7, 11) is 1.71. The van der Waals surface area contributed by atoms with Gasteiger partial charge in [-0.15, -0.1) is 0 Å². The lowest BCUT2D eigenvalue weighted by Gasteiger charge is -2.32. The Morgan fingerprint density at radius 2 is 1.94 bits per heavy atom. The number of aryl methyl sites for hydroxylation is 1. The minimum Gasteiger partial charge on any atom is -0.374 e. The van der Waals surface area contributed by atoms with Crippen LogP contribution in [0.25, 0.3) is 11.1 Å². The van der Waals surface area contributed by atoms with Gasteiger partial charge in [0.05, 0.1) is 31.1 Å². The average Bonchev–Trinajstić information content (AvgIpc) is 3.42. The highest BCUT2D eigenvalue weighted by molar-refractivity contribution is 6.08. The Labute approximate surface area is 185 Å². The van der Waals surface area contributed by atoms with E-state index in [1.54, 1.807) is 19.3 Å². The molecule has 2 aromatic heterocycles. The van der Waals surface area contributed by atoms with Crippen molar-refractivity contribution < 1.29 is 14.3 Å². The summed E-state index contributed by atoms with van der Waals surface area (Å²) in [6, 6.07) is 7.35. The lowest BCUT2D eigenvalue weighted by atomic mass is 10.1. The van der Waals surface area contributed by atoms with Gasteiger partial charge in [-0.2, -0.15) is 10.2 Å². The fourth-order valence-electron chi connectivity index (χ4n) is 4.06. The number of aromatic nitrogens is 4. The van der Waals surface area contributed by atoms with Gasteiger partial charge in [0.25, 0.3) is 11.8 Å². The van der Waals surface area contributed by atoms with E-state index in [9.17, 15) is 9.59 Å². The molecule has 5 rings (SSSR count). The number of nitrogens with zero attached hydrogens (tertiary/aromatic N) is 5. The topological polar surface area (TPSA) is 106 Å². The standard InChI is InChI=1S/C22H25N7O3/c1-27-14-19-20(26-27)22(31)23-11-18-13-28(7-8-32-18)5-6-29-12-17(10-24-29)15-3-2-4-16(9-15)21(30)25-19/h2-4,9-10,12,14,18H,5-8,11,13H2,1H3,(H,23,31)(H,25,30). The first-order chi connectivity index (χ1) is 15.5. The van der Waals surface area contributed by atoms with E-state index in [1.807, 2.05) is 35.3 Å². The van der Waals surface area contributed by atoms with Crippen molar-refractivity contribution >= 4 is 17.5 Å². The Morgan fingerprint density at radius 1 is 1.06 bits per heavy atom. The van der Waals surface area contributed by atoms with E-state index >= 15 is 0 Å². The van der Waals surface area contributed by atoms with Gasteiger partial charge < -0.3 is 15.4 Å². The Morgan fingerprint density at radius 3 is 2.84 bits per heavy atom. The molecule has 2 aliphatic heterocycles. The molecule has 2 amide bonds. The number of ether oxygens (including phenoxy) is 1. The summed E-state index contributed by atoms with van der Waals surface area (Å²) in [5, 5.41) is 14.5. The number of anilines is 1. The number of carbonyl (C=O) groups is 2. The molecule has 0 aliphatic carbocycles. The number of hydrogen-bond acceptors (Lipinski definition) is 6. The first-order valence-corrected chi connectivity index (χ1v) is 10.7. The van der Waals surface area contributed by atoms with Crippen molar-refractivity contribution in [3.63, 3.8) is 0 Å². The lowest BCUT2D eigenvalue weighted by Crippen LogP contribution is -2.48. The van der Waals surface area contributed by atoms with Crippen LogP contribution in [0.1, 0.15) is 20.8 Å². The van der Waals surface area contributed by atoms with Crippen LogP contribution in [0.15, 0.2) is 42.9 Å². The second-order valence-corrected chi connectivity index (χ2v) is 8.10. The van der Waals surface area contributed by atoms with Gasteiger partial charge in [0.15, 0.2) is 5.69 Å². The lowest BCUT2D eigenvalue weighted by molar-refractivity contribution is -0.0275. The predicted octanol–water partition coefficient (Wildman–Crippen LogP) is 0.980. The SMILES string of the molecule is Cn1cc2c(n1)C(=O)NCC1CN(CCO1)CCn1cc(cn1)-c1cccc(c1)C(=O)N2. The highest BCUT2D eigenvalue weighted by Gasteiger charge is 2.24. The molecule has 2 unspecified atom stereocenters. The van der Waals surface area contributed by atoms with Crippen LogP contribution in [-0.4, -0.2) is 75.2 Å². The van der Waals surface area contributed by atoms with Gasteiger partial charge in [-0.25, -0.2) is 0 Å². The van der Waals surface area contributed by atoms with Gasteiger partial charge in [0, 0.05) is 56.7 Å². The molecule has 32 heavy (non-hydrogen) atoms. The molecule has 166 valence electrons. The highest BCUT2D eigenvalue weighted by Crippen LogP contribution is 2.22. The third-order valence-corrected chi connectivity index (χ3v) is 5.74. The maximum Gasteiger partial charge on any atom is 0.274 e. The number of hydrogen-bond donors (Lipinski definition) is 2. The number of amides is 2. The first kappa shape index (κ1) is 20.4. The van der Waals surface area contributed by atoms with Crippen LogP contribution < -0.4 is 10.6 Å². The largest absolute Gasteiger partial charge is 0.374 e. The van der Waals surface area contributed by atoms with E-state index in [1.165, 1.54) is 4.68 Å². The fraction of sp³-hybridized carbons (Fsp3) is 0.364. The van der Waals surface area contributed by atoms with Crippen molar-refractivity contribution in [3.8, 4) is 11.1 Å². The van der Waals surface area contributed by atoms with Gasteiger partial charge >= 0.3 is 0 Å². The molecule has 2 aliphatic rings. The molecular weight excluding hydrogens is 410 g/mol. The molecule has 10 nitrogen and oxygen atoms in total. The van der Waals surface area contributed by atoms with Crippen LogP contribution >= 0.6 is 0 Å². The highest BCUT2D eigenvalue weighted by atomic mass is 16.5. The number of fused-ring (bicyclic) bond motifs is 8. The van der Waals surface area contributed by atoms with E-state index < -0.39 is 0 Å². The molecule has 1 fully saturated rings. The monoisotopic (exact) mass is 435 g/mol. The molecule has 1 aromatic carbocycles. The summed E-state index contributed by atoms with van der Waals surface area (Å²) in [4.78, 5) is 28.1. The molecule has 6 bridgehead atoms. The van der Waals surface area contributed by atoms with Crippen LogP contribution in [0.3, 0.4) is 0 Å². The molecule has 2 N–H and O–H groups in total. The fourth-order valence-corrected chi connectivity index (χ4v) is 4.06. The van der Waals surface area contributed by atoms with Gasteiger partial charge in [-0.1, -0.05) is 12.1 Å². The van der Waals surface area contributed by atoms with Gasteiger partial charge in [0.1, 0.15) is 0 Å². The predicted molar refractivity (Wildman–Crippen MR) is 117 cm³/mol. The maximum atomic E-state index is 12.9. The first-order valence-electron chi connectivity index (χ1n) is 10.7. The van der Waals surface area contributed by atoms with E-state index in [0.717, 1.165) is 37.3 Å². The Bertz CT molecular complexity index is 1150. The smallest absolute Gasteiger partial charge is 0.274 e. The van der Waals surface area contributed by atoms with Crippen molar-refractivity contribution in [2.75, 3.05) is 38.1 Å². The summed E-state index contributed by atoms with van der Waals surface area (Å²) in [6.07, 6.45) is 5.33. The number of rotatable bonds is 0. The minimum atomic E-state index is -0.348. The van der Waals surface area contributed by atoms with Crippen molar-refractivity contribution in [1.82, 2.24) is 29.8 Å². The van der Waals surface area contributed by atoms with Crippen LogP contribution in [-0.2, 0) is 18.3 Å². The molecule has 2 atom stereocenters. The zero-order chi connectivity index (χ0) is 22.1. The number of benzene rings is 1. The molecule has 0 radical (unpaired) electrons. The van der Waals surface area contributed by atoms with E-state index in [4.69, 9.17) is 4.74 Å². The summed E-state index contributed by atoms with van der Waals surface area (Å²) in [5.74, 6) is -0.659. The van der Waals surface area contributed by atoms with Crippen molar-refractivity contribution in [2.24, 2.45) is 7.05 Å². The molecule has 4 heterocycles. The maximum absolute atomic E-state index is 12.9. The van der Waals surface area contributed by atoms with Crippen LogP contribution in [0, 0.1) is 0 Å². The van der Waals surface area contributed by atoms with Crippen molar-refractivity contribution in [1.29, 1.82) is 0 Å². The van der Waals surface area contributed by atoms with E-state index in [0.29, 0.717) is 24.4 Å².